The van der Waals surface area contributed by atoms with Crippen LogP contribution in [0.4, 0.5) is 4.39 Å². The largest absolute Gasteiger partial charge is 0.454 e. The Balaban J connectivity index is 2.33. The fourth-order valence-corrected chi connectivity index (χ4v) is 2.46. The van der Waals surface area contributed by atoms with Crippen LogP contribution in [-0.2, 0) is 6.42 Å². The second-order valence-electron chi connectivity index (χ2n) is 5.11. The average Bonchev–Trinajstić information content (AvgIpc) is 2.46. The van der Waals surface area contributed by atoms with Gasteiger partial charge in [0.2, 0.25) is 0 Å². The molecule has 1 atom stereocenters. The maximum atomic E-state index is 14.1. The standard InChI is InChI=1S/C17H19BrFNO/c1-3-14(20)10-12-9-13(18)7-8-15(12)21-16-6-4-5-11(2)17(16)19/h4-9,14H,3,10,20H2,1-2H3. The lowest BCUT2D eigenvalue weighted by atomic mass is 10.0. The molecule has 1 unspecified atom stereocenters. The van der Waals surface area contributed by atoms with Crippen LogP contribution >= 0.6 is 15.9 Å². The van der Waals surface area contributed by atoms with Crippen LogP contribution < -0.4 is 10.5 Å². The van der Waals surface area contributed by atoms with E-state index >= 15 is 0 Å². The monoisotopic (exact) mass is 351 g/mol. The molecule has 2 N–H and O–H groups in total. The van der Waals surface area contributed by atoms with Gasteiger partial charge < -0.3 is 10.5 Å². The van der Waals surface area contributed by atoms with Crippen LogP contribution in [0.25, 0.3) is 0 Å². The van der Waals surface area contributed by atoms with E-state index in [1.54, 1.807) is 25.1 Å². The lowest BCUT2D eigenvalue weighted by Gasteiger charge is -2.15. The molecule has 4 heteroatoms. The minimum absolute atomic E-state index is 0.0593. The molecule has 2 aromatic carbocycles. The van der Waals surface area contributed by atoms with E-state index in [9.17, 15) is 4.39 Å². The zero-order chi connectivity index (χ0) is 15.4. The molecule has 21 heavy (non-hydrogen) atoms. The van der Waals surface area contributed by atoms with Crippen LogP contribution in [0.5, 0.6) is 11.5 Å². The number of benzene rings is 2. The van der Waals surface area contributed by atoms with Gasteiger partial charge in [-0.2, -0.15) is 0 Å². The van der Waals surface area contributed by atoms with E-state index < -0.39 is 0 Å². The van der Waals surface area contributed by atoms with Gasteiger partial charge in [-0.25, -0.2) is 4.39 Å². The quantitative estimate of drug-likeness (QED) is 0.825. The molecule has 0 radical (unpaired) electrons. The number of rotatable bonds is 5. The molecule has 0 saturated heterocycles. The molecule has 2 nitrogen and oxygen atoms in total. The van der Waals surface area contributed by atoms with Crippen molar-refractivity contribution in [3.05, 3.63) is 57.8 Å². The first-order valence-corrected chi connectivity index (χ1v) is 7.77. The molecule has 0 saturated carbocycles. The number of nitrogens with two attached hydrogens (primary N) is 1. The van der Waals surface area contributed by atoms with Crippen molar-refractivity contribution in [1.29, 1.82) is 0 Å². The summed E-state index contributed by atoms with van der Waals surface area (Å²) >= 11 is 3.45. The van der Waals surface area contributed by atoms with E-state index in [4.69, 9.17) is 10.5 Å². The zero-order valence-electron chi connectivity index (χ0n) is 12.2. The maximum absolute atomic E-state index is 14.1. The Morgan fingerprint density at radius 2 is 2.00 bits per heavy atom. The Morgan fingerprint density at radius 3 is 2.71 bits per heavy atom. The number of hydrogen-bond donors (Lipinski definition) is 1. The van der Waals surface area contributed by atoms with E-state index in [2.05, 4.69) is 15.9 Å². The van der Waals surface area contributed by atoms with Crippen LogP contribution in [0.15, 0.2) is 40.9 Å². The highest BCUT2D eigenvalue weighted by Gasteiger charge is 2.12. The maximum Gasteiger partial charge on any atom is 0.168 e. The third-order valence-electron chi connectivity index (χ3n) is 3.41. The van der Waals surface area contributed by atoms with Crippen molar-refractivity contribution < 1.29 is 9.13 Å². The summed E-state index contributed by atoms with van der Waals surface area (Å²) in [7, 11) is 0. The summed E-state index contributed by atoms with van der Waals surface area (Å²) in [6.45, 7) is 3.76. The van der Waals surface area contributed by atoms with Gasteiger partial charge in [-0.1, -0.05) is 35.0 Å². The molecule has 0 aliphatic carbocycles. The fourth-order valence-electron chi connectivity index (χ4n) is 2.05. The summed E-state index contributed by atoms with van der Waals surface area (Å²) in [5, 5.41) is 0. The van der Waals surface area contributed by atoms with Gasteiger partial charge in [0.15, 0.2) is 11.6 Å². The summed E-state index contributed by atoms with van der Waals surface area (Å²) in [5.74, 6) is 0.557. The first-order chi connectivity index (χ1) is 10.0. The Hall–Kier alpha value is -1.39. The molecular weight excluding hydrogens is 333 g/mol. The molecule has 0 aliphatic heterocycles. The van der Waals surface area contributed by atoms with Crippen LogP contribution in [-0.4, -0.2) is 6.04 Å². The number of ether oxygens (including phenoxy) is 1. The number of aryl methyl sites for hydroxylation is 1. The predicted molar refractivity (Wildman–Crippen MR) is 87.3 cm³/mol. The molecule has 2 rings (SSSR count). The van der Waals surface area contributed by atoms with Crippen molar-refractivity contribution in [2.45, 2.75) is 32.7 Å². The highest BCUT2D eigenvalue weighted by molar-refractivity contribution is 9.10. The Bertz CT molecular complexity index is 630. The van der Waals surface area contributed by atoms with Gasteiger partial charge in [-0.05, 0) is 55.2 Å². The molecule has 0 bridgehead atoms. The SMILES string of the molecule is CCC(N)Cc1cc(Br)ccc1Oc1cccc(C)c1F. The van der Waals surface area contributed by atoms with Crippen LogP contribution in [0.2, 0.25) is 0 Å². The summed E-state index contributed by atoms with van der Waals surface area (Å²) in [5.41, 5.74) is 7.56. The molecule has 0 spiro atoms. The highest BCUT2D eigenvalue weighted by atomic mass is 79.9. The summed E-state index contributed by atoms with van der Waals surface area (Å²) in [4.78, 5) is 0. The lowest BCUT2D eigenvalue weighted by Crippen LogP contribution is -2.21. The predicted octanol–water partition coefficient (Wildman–Crippen LogP) is 4.97. The zero-order valence-corrected chi connectivity index (χ0v) is 13.8. The van der Waals surface area contributed by atoms with Crippen molar-refractivity contribution in [3.63, 3.8) is 0 Å². The molecule has 0 heterocycles. The lowest BCUT2D eigenvalue weighted by molar-refractivity contribution is 0.433. The van der Waals surface area contributed by atoms with Crippen LogP contribution in [0.3, 0.4) is 0 Å². The van der Waals surface area contributed by atoms with Gasteiger partial charge >= 0.3 is 0 Å². The molecule has 2 aromatic rings. The van der Waals surface area contributed by atoms with Gasteiger partial charge in [-0.15, -0.1) is 0 Å². The molecule has 0 amide bonds. The minimum atomic E-state index is -0.328. The van der Waals surface area contributed by atoms with E-state index in [-0.39, 0.29) is 17.6 Å². The van der Waals surface area contributed by atoms with Gasteiger partial charge in [0, 0.05) is 10.5 Å². The first kappa shape index (κ1) is 16.0. The number of hydrogen-bond acceptors (Lipinski definition) is 2. The Morgan fingerprint density at radius 1 is 1.24 bits per heavy atom. The minimum Gasteiger partial charge on any atom is -0.454 e. The highest BCUT2D eigenvalue weighted by Crippen LogP contribution is 2.31. The van der Waals surface area contributed by atoms with Crippen LogP contribution in [0.1, 0.15) is 24.5 Å². The molecule has 0 fully saturated rings. The average molecular weight is 352 g/mol. The van der Waals surface area contributed by atoms with Gasteiger partial charge in [0.25, 0.3) is 0 Å². The van der Waals surface area contributed by atoms with Crippen molar-refractivity contribution in [3.8, 4) is 11.5 Å². The topological polar surface area (TPSA) is 35.2 Å². The molecule has 0 aromatic heterocycles. The second-order valence-corrected chi connectivity index (χ2v) is 6.03. The van der Waals surface area contributed by atoms with E-state index in [0.717, 1.165) is 16.5 Å². The summed E-state index contributed by atoms with van der Waals surface area (Å²) < 4.78 is 20.8. The van der Waals surface area contributed by atoms with Gasteiger partial charge in [0.05, 0.1) is 0 Å². The summed E-state index contributed by atoms with van der Waals surface area (Å²) in [6, 6.07) is 10.9. The van der Waals surface area contributed by atoms with Crippen LogP contribution in [0, 0.1) is 12.7 Å². The second kappa shape index (κ2) is 7.05. The third-order valence-corrected chi connectivity index (χ3v) is 3.90. The fraction of sp³-hybridized carbons (Fsp3) is 0.294. The van der Waals surface area contributed by atoms with Gasteiger partial charge in [-0.3, -0.25) is 0 Å². The molecule has 112 valence electrons. The first-order valence-electron chi connectivity index (χ1n) is 6.98. The van der Waals surface area contributed by atoms with Gasteiger partial charge in [0.1, 0.15) is 5.75 Å². The Kier molecular flexibility index (Phi) is 5.37. The third kappa shape index (κ3) is 4.05. The smallest absolute Gasteiger partial charge is 0.168 e. The normalized spacial score (nSPS) is 12.2. The van der Waals surface area contributed by atoms with Crippen molar-refractivity contribution >= 4 is 15.9 Å². The van der Waals surface area contributed by atoms with E-state index in [1.165, 1.54) is 0 Å². The molecular formula is C17H19BrFNO. The Labute approximate surface area is 133 Å². The molecule has 0 aliphatic rings. The van der Waals surface area contributed by atoms with Crippen molar-refractivity contribution in [2.24, 2.45) is 5.73 Å². The number of halogens is 2. The van der Waals surface area contributed by atoms with E-state index in [1.807, 2.05) is 25.1 Å². The van der Waals surface area contributed by atoms with E-state index in [0.29, 0.717) is 17.7 Å². The van der Waals surface area contributed by atoms with Crippen molar-refractivity contribution in [1.82, 2.24) is 0 Å². The van der Waals surface area contributed by atoms with Crippen molar-refractivity contribution in [2.75, 3.05) is 0 Å². The summed E-state index contributed by atoms with van der Waals surface area (Å²) in [6.07, 6.45) is 1.57.